The molecule has 0 aliphatic rings. The summed E-state index contributed by atoms with van der Waals surface area (Å²) in [5, 5.41) is 0.699. The number of nitrogens with one attached hydrogen (secondary N) is 1. The summed E-state index contributed by atoms with van der Waals surface area (Å²) in [5.41, 5.74) is 4.37. The van der Waals surface area contributed by atoms with Crippen LogP contribution in [0.1, 0.15) is 49.3 Å². The highest BCUT2D eigenvalue weighted by Gasteiger charge is 2.28. The number of halogens is 1. The number of esters is 2. The van der Waals surface area contributed by atoms with Gasteiger partial charge in [-0.2, -0.15) is 0 Å². The Morgan fingerprint density at radius 2 is 1.72 bits per heavy atom. The van der Waals surface area contributed by atoms with Gasteiger partial charge in [0.15, 0.2) is 0 Å². The van der Waals surface area contributed by atoms with Crippen molar-refractivity contribution in [1.29, 1.82) is 0 Å². The topological polar surface area (TPSA) is 62.0 Å². The molecule has 1 N–H and O–H groups in total. The van der Waals surface area contributed by atoms with E-state index in [0.717, 1.165) is 35.6 Å². The van der Waals surface area contributed by atoms with Crippen molar-refractivity contribution in [2.75, 3.05) is 19.7 Å². The fraction of sp³-hybridized carbons (Fsp3) is 0.360. The average molecular weight is 502 g/mol. The van der Waals surface area contributed by atoms with Crippen LogP contribution in [0.4, 0.5) is 0 Å². The van der Waals surface area contributed by atoms with Crippen LogP contribution in [0.2, 0.25) is 0 Å². The molecule has 0 aliphatic carbocycles. The lowest BCUT2D eigenvalue weighted by Crippen LogP contribution is -3.10. The third-order valence-corrected chi connectivity index (χ3v) is 6.18. The SMILES string of the molecule is CCOC(=O)c1c(C[NH+](CC)CC)n(-c2ccc(C)cc2)c2cc(Br)c(OC(C)=O)cc12. The molecule has 1 heterocycles. The van der Waals surface area contributed by atoms with Gasteiger partial charge in [0, 0.05) is 18.0 Å². The van der Waals surface area contributed by atoms with Crippen molar-refractivity contribution in [2.45, 2.75) is 41.2 Å². The van der Waals surface area contributed by atoms with Crippen molar-refractivity contribution in [1.82, 2.24) is 4.57 Å². The molecular formula is C25H30BrN2O4+. The van der Waals surface area contributed by atoms with E-state index in [1.165, 1.54) is 11.8 Å². The average Bonchev–Trinajstić information content (AvgIpc) is 3.05. The maximum atomic E-state index is 13.2. The van der Waals surface area contributed by atoms with Crippen molar-refractivity contribution in [3.05, 3.63) is 57.7 Å². The van der Waals surface area contributed by atoms with Crippen molar-refractivity contribution in [3.8, 4) is 11.4 Å². The molecule has 0 saturated carbocycles. The number of fused-ring (bicyclic) bond motifs is 1. The molecule has 170 valence electrons. The third kappa shape index (κ3) is 4.89. The van der Waals surface area contributed by atoms with Crippen LogP contribution in [0.15, 0.2) is 40.9 Å². The fourth-order valence-corrected chi connectivity index (χ4v) is 4.31. The van der Waals surface area contributed by atoms with Gasteiger partial charge in [-0.15, -0.1) is 0 Å². The lowest BCUT2D eigenvalue weighted by molar-refractivity contribution is -0.910. The van der Waals surface area contributed by atoms with Gasteiger partial charge in [0.05, 0.1) is 40.9 Å². The van der Waals surface area contributed by atoms with Crippen LogP contribution < -0.4 is 9.64 Å². The molecule has 0 amide bonds. The number of nitrogens with zero attached hydrogens (tertiary/aromatic N) is 1. The van der Waals surface area contributed by atoms with Crippen LogP contribution in [0, 0.1) is 6.92 Å². The lowest BCUT2D eigenvalue weighted by atomic mass is 10.1. The summed E-state index contributed by atoms with van der Waals surface area (Å²) in [7, 11) is 0. The number of carbonyl (C=O) groups is 2. The first-order chi connectivity index (χ1) is 15.3. The molecule has 0 spiro atoms. The number of aromatic nitrogens is 1. The molecule has 0 fully saturated rings. The van der Waals surface area contributed by atoms with Gasteiger partial charge in [-0.3, -0.25) is 4.79 Å². The number of carbonyl (C=O) groups excluding carboxylic acids is 2. The van der Waals surface area contributed by atoms with Gasteiger partial charge in [-0.05, 0) is 67.9 Å². The molecular weight excluding hydrogens is 472 g/mol. The number of benzene rings is 2. The van der Waals surface area contributed by atoms with Crippen LogP contribution >= 0.6 is 15.9 Å². The van der Waals surface area contributed by atoms with Gasteiger partial charge in [-0.25, -0.2) is 4.79 Å². The number of hydrogen-bond acceptors (Lipinski definition) is 4. The summed E-state index contributed by atoms with van der Waals surface area (Å²) in [6.45, 7) is 12.3. The monoisotopic (exact) mass is 501 g/mol. The molecule has 0 radical (unpaired) electrons. The summed E-state index contributed by atoms with van der Waals surface area (Å²) in [5.74, 6) is -0.423. The van der Waals surface area contributed by atoms with Crippen molar-refractivity contribution >= 4 is 38.8 Å². The molecule has 0 atom stereocenters. The first kappa shape index (κ1) is 24.0. The predicted molar refractivity (Wildman–Crippen MR) is 129 cm³/mol. The Hall–Kier alpha value is -2.64. The zero-order chi connectivity index (χ0) is 23.4. The first-order valence-corrected chi connectivity index (χ1v) is 11.7. The number of hydrogen-bond donors (Lipinski definition) is 1. The van der Waals surface area contributed by atoms with E-state index >= 15 is 0 Å². The molecule has 7 heteroatoms. The normalized spacial score (nSPS) is 11.2. The summed E-state index contributed by atoms with van der Waals surface area (Å²) in [4.78, 5) is 26.2. The van der Waals surface area contributed by atoms with E-state index in [0.29, 0.717) is 27.7 Å². The molecule has 0 aliphatic heterocycles. The Morgan fingerprint density at radius 1 is 1.06 bits per heavy atom. The molecule has 6 nitrogen and oxygen atoms in total. The lowest BCUT2D eigenvalue weighted by Gasteiger charge is -2.19. The largest absolute Gasteiger partial charge is 0.462 e. The second-order valence-electron chi connectivity index (χ2n) is 7.74. The summed E-state index contributed by atoms with van der Waals surface area (Å²) < 4.78 is 13.6. The van der Waals surface area contributed by atoms with Crippen molar-refractivity contribution in [3.63, 3.8) is 0 Å². The summed E-state index contributed by atoms with van der Waals surface area (Å²) >= 11 is 3.53. The number of quaternary nitrogens is 1. The highest BCUT2D eigenvalue weighted by atomic mass is 79.9. The van der Waals surface area contributed by atoms with E-state index in [1.54, 1.807) is 13.0 Å². The maximum absolute atomic E-state index is 13.2. The van der Waals surface area contributed by atoms with Crippen molar-refractivity contribution < 1.29 is 24.0 Å². The van der Waals surface area contributed by atoms with Crippen LogP contribution in [0.3, 0.4) is 0 Å². The van der Waals surface area contributed by atoms with E-state index in [9.17, 15) is 9.59 Å². The Morgan fingerprint density at radius 3 is 2.28 bits per heavy atom. The zero-order valence-electron chi connectivity index (χ0n) is 19.3. The van der Waals surface area contributed by atoms with Crippen LogP contribution in [0.25, 0.3) is 16.6 Å². The zero-order valence-corrected chi connectivity index (χ0v) is 20.8. The van der Waals surface area contributed by atoms with E-state index in [-0.39, 0.29) is 12.6 Å². The smallest absolute Gasteiger partial charge is 0.340 e. The Labute approximate surface area is 197 Å². The quantitative estimate of drug-likeness (QED) is 0.370. The molecule has 0 saturated heterocycles. The van der Waals surface area contributed by atoms with Gasteiger partial charge >= 0.3 is 11.9 Å². The second-order valence-corrected chi connectivity index (χ2v) is 8.59. The Bertz CT molecular complexity index is 1130. The van der Waals surface area contributed by atoms with Gasteiger partial charge in [0.25, 0.3) is 0 Å². The van der Waals surface area contributed by atoms with Gasteiger partial charge in [0.2, 0.25) is 0 Å². The van der Waals surface area contributed by atoms with E-state index < -0.39 is 5.97 Å². The van der Waals surface area contributed by atoms with Crippen LogP contribution in [-0.2, 0) is 16.1 Å². The molecule has 32 heavy (non-hydrogen) atoms. The van der Waals surface area contributed by atoms with Crippen LogP contribution in [0.5, 0.6) is 5.75 Å². The minimum Gasteiger partial charge on any atom is -0.462 e. The highest BCUT2D eigenvalue weighted by molar-refractivity contribution is 9.10. The number of aryl methyl sites for hydroxylation is 1. The maximum Gasteiger partial charge on any atom is 0.340 e. The number of rotatable bonds is 8. The fourth-order valence-electron chi connectivity index (χ4n) is 3.90. The second kappa shape index (κ2) is 10.3. The minimum absolute atomic E-state index is 0.279. The molecule has 1 aromatic heterocycles. The van der Waals surface area contributed by atoms with Gasteiger partial charge in [0.1, 0.15) is 12.3 Å². The van der Waals surface area contributed by atoms with Gasteiger partial charge in [-0.1, -0.05) is 17.7 Å². The summed E-state index contributed by atoms with van der Waals surface area (Å²) in [6, 6.07) is 11.9. The molecule has 3 aromatic rings. The Kier molecular flexibility index (Phi) is 7.74. The van der Waals surface area contributed by atoms with E-state index in [2.05, 4.69) is 58.6 Å². The minimum atomic E-state index is -0.423. The standard InChI is InChI=1S/C25H29BrN2O4/c1-6-27(7-2)15-22-24(25(30)31-8-3)19-13-23(32-17(5)29)20(26)14-21(19)28(22)18-11-9-16(4)10-12-18/h9-14H,6-8,15H2,1-5H3/p+1. The van der Waals surface area contributed by atoms with Gasteiger partial charge < -0.3 is 18.9 Å². The summed E-state index contributed by atoms with van der Waals surface area (Å²) in [6.07, 6.45) is 0. The predicted octanol–water partition coefficient (Wildman–Crippen LogP) is 4.23. The third-order valence-electron chi connectivity index (χ3n) is 5.56. The van der Waals surface area contributed by atoms with Crippen LogP contribution in [-0.4, -0.2) is 36.2 Å². The molecule has 0 bridgehead atoms. The Balaban J connectivity index is 2.40. The van der Waals surface area contributed by atoms with Crippen molar-refractivity contribution in [2.24, 2.45) is 0 Å². The molecule has 0 unspecified atom stereocenters. The van der Waals surface area contributed by atoms with E-state index in [4.69, 9.17) is 9.47 Å². The first-order valence-electron chi connectivity index (χ1n) is 10.9. The molecule has 2 aromatic carbocycles. The van der Waals surface area contributed by atoms with E-state index in [1.807, 2.05) is 13.0 Å². The molecule has 3 rings (SSSR count). The number of ether oxygens (including phenoxy) is 2. The highest BCUT2D eigenvalue weighted by Crippen LogP contribution is 2.37.